The third-order valence-corrected chi connectivity index (χ3v) is 3.27. The van der Waals surface area contributed by atoms with Crippen molar-refractivity contribution in [2.75, 3.05) is 0 Å². The first kappa shape index (κ1) is 16.1. The van der Waals surface area contributed by atoms with E-state index in [2.05, 4.69) is 0 Å². The second-order valence-electron chi connectivity index (χ2n) is 3.97. The van der Waals surface area contributed by atoms with Gasteiger partial charge in [0, 0.05) is 22.2 Å². The molecule has 2 aromatic rings. The Kier molecular flexibility index (Phi) is 5.95. The van der Waals surface area contributed by atoms with E-state index in [4.69, 9.17) is 33.7 Å². The summed E-state index contributed by atoms with van der Waals surface area (Å²) in [5.74, 6) is 1.39. The topological polar surface area (TPSA) is 35.2 Å². The fourth-order valence-electron chi connectivity index (χ4n) is 1.60. The van der Waals surface area contributed by atoms with Crippen LogP contribution < -0.4 is 10.5 Å². The van der Waals surface area contributed by atoms with Crippen LogP contribution in [0, 0.1) is 6.92 Å². The summed E-state index contributed by atoms with van der Waals surface area (Å²) in [7, 11) is 0. The van der Waals surface area contributed by atoms with Gasteiger partial charge in [-0.15, -0.1) is 12.4 Å². The van der Waals surface area contributed by atoms with Gasteiger partial charge in [0.25, 0.3) is 0 Å². The molecule has 2 aromatic carbocycles. The van der Waals surface area contributed by atoms with E-state index in [1.807, 2.05) is 25.1 Å². The largest absolute Gasteiger partial charge is 0.457 e. The summed E-state index contributed by atoms with van der Waals surface area (Å²) < 4.78 is 5.79. The molecule has 0 heterocycles. The zero-order valence-electron chi connectivity index (χ0n) is 10.3. The zero-order chi connectivity index (χ0) is 13.1. The maximum absolute atomic E-state index is 5.97. The Bertz CT molecular complexity index is 573. The Balaban J connectivity index is 0.00000180. The van der Waals surface area contributed by atoms with Crippen LogP contribution in [0.3, 0.4) is 0 Å². The molecule has 0 amide bonds. The molecule has 2 nitrogen and oxygen atoms in total. The Hall–Kier alpha value is -0.930. The molecular weight excluding hydrogens is 305 g/mol. The SMILES string of the molecule is Cc1cc(Oc2cc(Cl)ccc2CN)ccc1Cl.Cl. The van der Waals surface area contributed by atoms with Crippen molar-refractivity contribution in [2.24, 2.45) is 5.73 Å². The lowest BCUT2D eigenvalue weighted by molar-refractivity contribution is 0.476. The molecule has 0 aliphatic rings. The molecule has 0 aromatic heterocycles. The second-order valence-corrected chi connectivity index (χ2v) is 4.81. The van der Waals surface area contributed by atoms with Gasteiger partial charge in [0.05, 0.1) is 0 Å². The summed E-state index contributed by atoms with van der Waals surface area (Å²) in [5.41, 5.74) is 7.54. The highest BCUT2D eigenvalue weighted by molar-refractivity contribution is 6.31. The van der Waals surface area contributed by atoms with Crippen molar-refractivity contribution in [1.29, 1.82) is 0 Å². The molecule has 0 spiro atoms. The summed E-state index contributed by atoms with van der Waals surface area (Å²) in [6, 6.07) is 10.9. The van der Waals surface area contributed by atoms with Crippen LogP contribution in [-0.2, 0) is 6.54 Å². The van der Waals surface area contributed by atoms with Crippen molar-refractivity contribution in [1.82, 2.24) is 0 Å². The van der Waals surface area contributed by atoms with Gasteiger partial charge in [-0.25, -0.2) is 0 Å². The molecule has 0 radical (unpaired) electrons. The van der Waals surface area contributed by atoms with Gasteiger partial charge in [0.15, 0.2) is 0 Å². The van der Waals surface area contributed by atoms with Crippen LogP contribution in [0.1, 0.15) is 11.1 Å². The van der Waals surface area contributed by atoms with Crippen LogP contribution in [0.5, 0.6) is 11.5 Å². The van der Waals surface area contributed by atoms with Crippen molar-refractivity contribution in [3.8, 4) is 11.5 Å². The third kappa shape index (κ3) is 4.02. The molecule has 2 N–H and O–H groups in total. The minimum Gasteiger partial charge on any atom is -0.457 e. The molecular formula is C14H14Cl3NO. The Morgan fingerprint density at radius 1 is 1.11 bits per heavy atom. The number of hydrogen-bond acceptors (Lipinski definition) is 2. The first-order valence-electron chi connectivity index (χ1n) is 5.52. The summed E-state index contributed by atoms with van der Waals surface area (Å²) in [4.78, 5) is 0. The van der Waals surface area contributed by atoms with E-state index in [1.165, 1.54) is 0 Å². The van der Waals surface area contributed by atoms with Crippen LogP contribution in [0.4, 0.5) is 0 Å². The highest BCUT2D eigenvalue weighted by Gasteiger charge is 2.06. The lowest BCUT2D eigenvalue weighted by atomic mass is 10.2. The van der Waals surface area contributed by atoms with E-state index in [0.717, 1.165) is 11.1 Å². The monoisotopic (exact) mass is 317 g/mol. The zero-order valence-corrected chi connectivity index (χ0v) is 12.6. The van der Waals surface area contributed by atoms with Gasteiger partial charge in [0.1, 0.15) is 11.5 Å². The first-order valence-corrected chi connectivity index (χ1v) is 6.28. The highest BCUT2D eigenvalue weighted by Crippen LogP contribution is 2.30. The predicted molar refractivity (Wildman–Crippen MR) is 82.9 cm³/mol. The van der Waals surface area contributed by atoms with Gasteiger partial charge < -0.3 is 10.5 Å². The van der Waals surface area contributed by atoms with E-state index < -0.39 is 0 Å². The molecule has 0 atom stereocenters. The van der Waals surface area contributed by atoms with Crippen molar-refractivity contribution in [3.05, 3.63) is 57.6 Å². The highest BCUT2D eigenvalue weighted by atomic mass is 35.5. The van der Waals surface area contributed by atoms with Gasteiger partial charge >= 0.3 is 0 Å². The van der Waals surface area contributed by atoms with Crippen LogP contribution in [-0.4, -0.2) is 0 Å². The van der Waals surface area contributed by atoms with Gasteiger partial charge in [-0.1, -0.05) is 29.3 Å². The lowest BCUT2D eigenvalue weighted by Crippen LogP contribution is -1.99. The van der Waals surface area contributed by atoms with Crippen molar-refractivity contribution < 1.29 is 4.74 Å². The van der Waals surface area contributed by atoms with Gasteiger partial charge in [-0.05, 0) is 42.8 Å². The summed E-state index contributed by atoms with van der Waals surface area (Å²) in [6.45, 7) is 2.33. The molecule has 5 heteroatoms. The molecule has 0 unspecified atom stereocenters. The minimum absolute atomic E-state index is 0. The normalized spacial score (nSPS) is 9.89. The number of rotatable bonds is 3. The molecule has 2 rings (SSSR count). The Morgan fingerprint density at radius 3 is 2.47 bits per heavy atom. The maximum atomic E-state index is 5.97. The van der Waals surface area contributed by atoms with Gasteiger partial charge in [0.2, 0.25) is 0 Å². The van der Waals surface area contributed by atoms with E-state index >= 15 is 0 Å². The maximum Gasteiger partial charge on any atom is 0.133 e. The molecule has 0 aliphatic carbocycles. The molecule has 102 valence electrons. The van der Waals surface area contributed by atoms with Crippen molar-refractivity contribution in [2.45, 2.75) is 13.5 Å². The van der Waals surface area contributed by atoms with Crippen LogP contribution in [0.2, 0.25) is 10.0 Å². The van der Waals surface area contributed by atoms with Gasteiger partial charge in [-0.3, -0.25) is 0 Å². The lowest BCUT2D eigenvalue weighted by Gasteiger charge is -2.11. The Morgan fingerprint density at radius 2 is 1.84 bits per heavy atom. The number of benzene rings is 2. The number of halogens is 3. The molecule has 0 aliphatic heterocycles. The Labute approximate surface area is 128 Å². The predicted octanol–water partition coefficient (Wildman–Crippen LogP) is 4.97. The van der Waals surface area contributed by atoms with Crippen molar-refractivity contribution in [3.63, 3.8) is 0 Å². The average Bonchev–Trinajstić information content (AvgIpc) is 2.34. The molecule has 0 fully saturated rings. The van der Waals surface area contributed by atoms with Gasteiger partial charge in [-0.2, -0.15) is 0 Å². The fraction of sp³-hybridized carbons (Fsp3) is 0.143. The number of aryl methyl sites for hydroxylation is 1. The van der Waals surface area contributed by atoms with Crippen molar-refractivity contribution >= 4 is 35.6 Å². The van der Waals surface area contributed by atoms with E-state index in [1.54, 1.807) is 18.2 Å². The summed E-state index contributed by atoms with van der Waals surface area (Å²) in [6.07, 6.45) is 0. The first-order chi connectivity index (χ1) is 8.60. The fourth-order valence-corrected chi connectivity index (χ4v) is 1.88. The molecule has 0 saturated carbocycles. The molecule has 0 saturated heterocycles. The molecule has 19 heavy (non-hydrogen) atoms. The quantitative estimate of drug-likeness (QED) is 0.866. The van der Waals surface area contributed by atoms with Crippen LogP contribution in [0.15, 0.2) is 36.4 Å². The smallest absolute Gasteiger partial charge is 0.133 e. The average molecular weight is 319 g/mol. The number of hydrogen-bond donors (Lipinski definition) is 1. The summed E-state index contributed by atoms with van der Waals surface area (Å²) >= 11 is 11.9. The molecule has 0 bridgehead atoms. The van der Waals surface area contributed by atoms with E-state index in [9.17, 15) is 0 Å². The third-order valence-electron chi connectivity index (χ3n) is 2.61. The number of ether oxygens (including phenoxy) is 1. The second kappa shape index (κ2) is 7.01. The minimum atomic E-state index is 0. The van der Waals surface area contributed by atoms with Crippen LogP contribution >= 0.6 is 35.6 Å². The van der Waals surface area contributed by atoms with E-state index in [-0.39, 0.29) is 12.4 Å². The number of nitrogens with two attached hydrogens (primary N) is 1. The van der Waals surface area contributed by atoms with E-state index in [0.29, 0.717) is 28.1 Å². The van der Waals surface area contributed by atoms with Crippen LogP contribution in [0.25, 0.3) is 0 Å². The summed E-state index contributed by atoms with van der Waals surface area (Å²) in [5, 5.41) is 1.33. The standard InChI is InChI=1S/C14H13Cl2NO.ClH/c1-9-6-12(4-5-13(9)16)18-14-7-11(15)3-2-10(14)8-17;/h2-7H,8,17H2,1H3;1H.